The average Bonchev–Trinajstić information content (AvgIpc) is 2.53. The Hall–Kier alpha value is -1.77. The van der Waals surface area contributed by atoms with Gasteiger partial charge in [-0.3, -0.25) is 4.84 Å². The molecule has 2 aromatic carbocycles. The highest BCUT2D eigenvalue weighted by molar-refractivity contribution is 14.1. The van der Waals surface area contributed by atoms with Crippen molar-refractivity contribution in [1.29, 1.82) is 0 Å². The van der Waals surface area contributed by atoms with Crippen molar-refractivity contribution >= 4 is 28.6 Å². The van der Waals surface area contributed by atoms with Crippen molar-refractivity contribution in [2.24, 2.45) is 5.73 Å². The topological polar surface area (TPSA) is 78.2 Å². The summed E-state index contributed by atoms with van der Waals surface area (Å²) in [5, 5.41) is 0. The molecule has 110 valence electrons. The molecule has 0 radical (unpaired) electrons. The van der Waals surface area contributed by atoms with Gasteiger partial charge in [0.25, 0.3) is 0 Å². The molecule has 0 unspecified atom stereocenters. The van der Waals surface area contributed by atoms with E-state index in [1.54, 1.807) is 43.5 Å². The number of benzene rings is 2. The van der Waals surface area contributed by atoms with E-state index in [9.17, 15) is 4.79 Å². The number of ether oxygens (including phenoxy) is 1. The van der Waals surface area contributed by atoms with Gasteiger partial charge in [0, 0.05) is 3.57 Å². The van der Waals surface area contributed by atoms with E-state index in [1.807, 2.05) is 12.1 Å². The van der Waals surface area contributed by atoms with E-state index in [-0.39, 0.29) is 0 Å². The molecular weight excluding hydrogens is 383 g/mol. The lowest BCUT2D eigenvalue weighted by Gasteiger charge is -2.16. The number of nitrogens with two attached hydrogens (primary N) is 2. The van der Waals surface area contributed by atoms with E-state index >= 15 is 0 Å². The number of rotatable bonds is 5. The monoisotopic (exact) mass is 398 g/mol. The highest BCUT2D eigenvalue weighted by Gasteiger charge is 2.11. The normalized spacial score (nSPS) is 10.0. The van der Waals surface area contributed by atoms with Gasteiger partial charge in [-0.25, -0.2) is 4.79 Å². The summed E-state index contributed by atoms with van der Waals surface area (Å²) < 4.78 is 6.12. The molecule has 6 heteroatoms. The van der Waals surface area contributed by atoms with Gasteiger partial charge in [0.1, 0.15) is 6.17 Å². The summed E-state index contributed by atoms with van der Waals surface area (Å²) in [4.78, 5) is 16.9. The summed E-state index contributed by atoms with van der Waals surface area (Å²) in [7, 11) is 1.59. The van der Waals surface area contributed by atoms with Gasteiger partial charge < -0.3 is 10.5 Å². The van der Waals surface area contributed by atoms with E-state index in [4.69, 9.17) is 15.3 Å². The summed E-state index contributed by atoms with van der Waals surface area (Å²) in [5.74, 6) is 0.297. The van der Waals surface area contributed by atoms with E-state index in [2.05, 4.69) is 22.6 Å². The maximum absolute atomic E-state index is 11.8. The molecule has 0 amide bonds. The minimum absolute atomic E-state index is 0.372. The van der Waals surface area contributed by atoms with Gasteiger partial charge in [-0.2, -0.15) is 17.6 Å². The van der Waals surface area contributed by atoms with Gasteiger partial charge in [-0.05, 0) is 46.9 Å². The van der Waals surface area contributed by atoms with Crippen LogP contribution in [-0.2, 0) is 4.84 Å². The summed E-state index contributed by atoms with van der Waals surface area (Å²) in [5.41, 5.74) is 8.37. The van der Waals surface area contributed by atoms with Crippen LogP contribution in [-0.4, -0.2) is 13.1 Å². The Bertz CT molecular complexity index is 599. The lowest BCUT2D eigenvalue weighted by molar-refractivity contribution is -0.855. The number of carbonyl (C=O) groups excluding carboxylic acids is 1. The summed E-state index contributed by atoms with van der Waals surface area (Å²) in [6, 6.07) is 14.3. The van der Waals surface area contributed by atoms with Crippen LogP contribution >= 0.6 is 22.6 Å². The van der Waals surface area contributed by atoms with Gasteiger partial charge in [-0.1, -0.05) is 12.1 Å². The highest BCUT2D eigenvalue weighted by Crippen LogP contribution is 2.12. The molecule has 21 heavy (non-hydrogen) atoms. The second-order valence-electron chi connectivity index (χ2n) is 4.21. The largest absolute Gasteiger partial charge is 0.499 e. The average molecular weight is 398 g/mol. The second-order valence-corrected chi connectivity index (χ2v) is 5.46. The number of carbonyl (C=O) groups is 1. The van der Waals surface area contributed by atoms with Crippen LogP contribution in [0.25, 0.3) is 0 Å². The standard InChI is InChI=1S/C15H15IN2O3/c1-20-13-8-4-10(5-9-13)14(17)18-21-15(19)11-2-6-12(16)7-3-11/h2-9H,17-18H2,1H3. The van der Waals surface area contributed by atoms with Crippen LogP contribution in [0.1, 0.15) is 15.9 Å². The van der Waals surface area contributed by atoms with E-state index in [1.165, 1.54) is 5.48 Å². The van der Waals surface area contributed by atoms with E-state index < -0.39 is 5.97 Å². The number of halogens is 1. The van der Waals surface area contributed by atoms with Crippen molar-refractivity contribution in [3.05, 3.63) is 69.4 Å². The minimum Gasteiger partial charge on any atom is -0.499 e. The molecule has 4 N–H and O–H groups in total. The number of hydroxylamine groups is 1. The predicted molar refractivity (Wildman–Crippen MR) is 86.0 cm³/mol. The first-order valence-corrected chi connectivity index (χ1v) is 7.24. The first kappa shape index (κ1) is 15.6. The molecule has 0 aromatic heterocycles. The fourth-order valence-corrected chi connectivity index (χ4v) is 1.98. The van der Waals surface area contributed by atoms with Crippen LogP contribution in [0.3, 0.4) is 0 Å². The zero-order chi connectivity index (χ0) is 15.2. The zero-order valence-electron chi connectivity index (χ0n) is 11.4. The second kappa shape index (κ2) is 7.30. The van der Waals surface area contributed by atoms with Gasteiger partial charge in [0.2, 0.25) is 0 Å². The van der Waals surface area contributed by atoms with E-state index in [0.29, 0.717) is 11.7 Å². The third-order valence-corrected chi connectivity index (χ3v) is 3.52. The Balaban J connectivity index is 1.92. The molecule has 0 spiro atoms. The van der Waals surface area contributed by atoms with Crippen molar-refractivity contribution in [2.45, 2.75) is 0 Å². The fourth-order valence-electron chi connectivity index (χ4n) is 1.62. The molecule has 5 nitrogen and oxygen atoms in total. The molecule has 0 aliphatic carbocycles. The van der Waals surface area contributed by atoms with Crippen LogP contribution in [0.2, 0.25) is 0 Å². The molecule has 0 fully saturated rings. The van der Waals surface area contributed by atoms with Crippen molar-refractivity contribution in [2.75, 3.05) is 7.11 Å². The zero-order valence-corrected chi connectivity index (χ0v) is 13.5. The van der Waals surface area contributed by atoms with Crippen molar-refractivity contribution in [3.63, 3.8) is 0 Å². The lowest BCUT2D eigenvalue weighted by atomic mass is 10.2. The molecule has 0 aliphatic heterocycles. The van der Waals surface area contributed by atoms with Crippen LogP contribution < -0.4 is 16.0 Å². The van der Waals surface area contributed by atoms with Crippen LogP contribution in [0.5, 0.6) is 5.75 Å². The van der Waals surface area contributed by atoms with Crippen LogP contribution in [0.4, 0.5) is 0 Å². The molecule has 2 rings (SSSR count). The maximum atomic E-state index is 11.8. The molecule has 0 heterocycles. The number of hydrogen-bond donors (Lipinski definition) is 2. The van der Waals surface area contributed by atoms with Crippen LogP contribution in [0, 0.1) is 9.74 Å². The summed E-state index contributed by atoms with van der Waals surface area (Å²) in [6.07, 6.45) is 0.372. The van der Waals surface area contributed by atoms with Crippen molar-refractivity contribution < 1.29 is 19.8 Å². The predicted octanol–water partition coefficient (Wildman–Crippen LogP) is 1.43. The van der Waals surface area contributed by atoms with Gasteiger partial charge in [-0.15, -0.1) is 5.56 Å². The molecule has 0 atom stereocenters. The minimum atomic E-state index is -0.442. The lowest BCUT2D eigenvalue weighted by Crippen LogP contribution is -2.88. The first-order valence-electron chi connectivity index (χ1n) is 6.17. The Morgan fingerprint density at radius 2 is 1.76 bits per heavy atom. The van der Waals surface area contributed by atoms with Crippen LogP contribution in [0.15, 0.2) is 48.5 Å². The maximum Gasteiger partial charge on any atom is 0.396 e. The first-order chi connectivity index (χ1) is 10.1. The van der Waals surface area contributed by atoms with Gasteiger partial charge in [0.05, 0.1) is 18.4 Å². The summed E-state index contributed by atoms with van der Waals surface area (Å²) >= 11 is 2.17. The number of quaternary nitrogens is 1. The molecule has 0 aliphatic rings. The quantitative estimate of drug-likeness (QED) is 0.454. The SMILES string of the molecule is COc1ccc([C-](N)[NH2+]OC(=O)c2ccc(I)cc2)cc1. The number of hydrogen-bond acceptors (Lipinski definition) is 4. The summed E-state index contributed by atoms with van der Waals surface area (Å²) in [6.45, 7) is 0. The molecular formula is C15H15IN2O3. The number of methoxy groups -OCH3 is 1. The third kappa shape index (κ3) is 4.35. The molecule has 0 saturated carbocycles. The van der Waals surface area contributed by atoms with Crippen molar-refractivity contribution in [3.8, 4) is 5.75 Å². The molecule has 0 saturated heterocycles. The molecule has 0 bridgehead atoms. The fraction of sp³-hybridized carbons (Fsp3) is 0.0667. The third-order valence-electron chi connectivity index (χ3n) is 2.80. The Kier molecular flexibility index (Phi) is 5.43. The smallest absolute Gasteiger partial charge is 0.396 e. The highest BCUT2D eigenvalue weighted by atomic mass is 127. The van der Waals surface area contributed by atoms with E-state index in [0.717, 1.165) is 14.9 Å². The Morgan fingerprint density at radius 3 is 2.33 bits per heavy atom. The Morgan fingerprint density at radius 1 is 1.14 bits per heavy atom. The van der Waals surface area contributed by atoms with Gasteiger partial charge in [0.15, 0.2) is 0 Å². The molecule has 2 aromatic rings. The Labute approximate surface area is 136 Å². The van der Waals surface area contributed by atoms with Gasteiger partial charge >= 0.3 is 5.97 Å². The van der Waals surface area contributed by atoms with Crippen molar-refractivity contribution in [1.82, 2.24) is 0 Å².